The average Bonchev–Trinajstić information content (AvgIpc) is 3.09. The maximum absolute atomic E-state index is 12.1. The van der Waals surface area contributed by atoms with E-state index in [2.05, 4.69) is 10.3 Å². The molecular weight excluding hydrogens is 296 g/mol. The van der Waals surface area contributed by atoms with Crippen LogP contribution in [0.3, 0.4) is 0 Å². The Morgan fingerprint density at radius 2 is 2.00 bits per heavy atom. The molecule has 1 amide bonds. The summed E-state index contributed by atoms with van der Waals surface area (Å²) in [6.07, 6.45) is 7.47. The van der Waals surface area contributed by atoms with Gasteiger partial charge in [0.2, 0.25) is 5.91 Å². The highest BCUT2D eigenvalue weighted by atomic mass is 16.5. The molecule has 1 aromatic heterocycles. The molecule has 0 saturated carbocycles. The Labute approximate surface area is 136 Å². The fourth-order valence-electron chi connectivity index (χ4n) is 3.12. The number of nitrogens with zero attached hydrogens (tertiary/aromatic N) is 1. The number of carbonyl (C=O) groups excluding carboxylic acids is 1. The molecule has 3 atom stereocenters. The summed E-state index contributed by atoms with van der Waals surface area (Å²) in [5.41, 5.74) is 1.05. The highest BCUT2D eigenvalue weighted by Gasteiger charge is 2.28. The number of pyridine rings is 1. The highest BCUT2D eigenvalue weighted by molar-refractivity contribution is 5.77. The van der Waals surface area contributed by atoms with Gasteiger partial charge in [-0.05, 0) is 43.4 Å². The zero-order valence-corrected chi connectivity index (χ0v) is 13.3. The van der Waals surface area contributed by atoms with Crippen molar-refractivity contribution in [3.8, 4) is 0 Å². The third-order valence-electron chi connectivity index (χ3n) is 4.26. The summed E-state index contributed by atoms with van der Waals surface area (Å²) >= 11 is 0. The van der Waals surface area contributed by atoms with Crippen LogP contribution >= 0.6 is 0 Å². The number of rotatable bonds is 6. The van der Waals surface area contributed by atoms with E-state index in [1.165, 1.54) is 0 Å². The summed E-state index contributed by atoms with van der Waals surface area (Å²) in [5.74, 6) is -0.0995. The summed E-state index contributed by atoms with van der Waals surface area (Å²) in [6.45, 7) is 2.07. The SMILES string of the molecule is O=C(COC[C@@H]1CCCO1)N[C@H]1CCCO[C@@H]1c1ccncc1. The lowest BCUT2D eigenvalue weighted by molar-refractivity contribution is -0.129. The smallest absolute Gasteiger partial charge is 0.246 e. The van der Waals surface area contributed by atoms with Gasteiger partial charge in [0.25, 0.3) is 0 Å². The average molecular weight is 320 g/mol. The van der Waals surface area contributed by atoms with Crippen molar-refractivity contribution in [2.45, 2.75) is 43.9 Å². The van der Waals surface area contributed by atoms with Crippen LogP contribution in [0.25, 0.3) is 0 Å². The van der Waals surface area contributed by atoms with Crippen LogP contribution in [0.5, 0.6) is 0 Å². The molecule has 6 nitrogen and oxygen atoms in total. The van der Waals surface area contributed by atoms with Gasteiger partial charge in [0, 0.05) is 25.6 Å². The Bertz CT molecular complexity index is 491. The van der Waals surface area contributed by atoms with Crippen LogP contribution in [0.15, 0.2) is 24.5 Å². The van der Waals surface area contributed by atoms with Crippen molar-refractivity contribution in [3.63, 3.8) is 0 Å². The first-order chi connectivity index (χ1) is 11.3. The van der Waals surface area contributed by atoms with E-state index < -0.39 is 0 Å². The van der Waals surface area contributed by atoms with Crippen molar-refractivity contribution in [1.82, 2.24) is 10.3 Å². The van der Waals surface area contributed by atoms with Crippen LogP contribution < -0.4 is 5.32 Å². The fraction of sp³-hybridized carbons (Fsp3) is 0.647. The molecule has 3 rings (SSSR count). The van der Waals surface area contributed by atoms with E-state index in [0.29, 0.717) is 6.61 Å². The topological polar surface area (TPSA) is 69.7 Å². The third-order valence-corrected chi connectivity index (χ3v) is 4.26. The monoisotopic (exact) mass is 320 g/mol. The zero-order chi connectivity index (χ0) is 15.9. The van der Waals surface area contributed by atoms with E-state index in [0.717, 1.165) is 44.5 Å². The Morgan fingerprint density at radius 1 is 1.22 bits per heavy atom. The standard InChI is InChI=1S/C17H24N2O4/c20-16(12-21-11-14-3-1-9-22-14)19-15-4-2-10-23-17(15)13-5-7-18-8-6-13/h5-8,14-15,17H,1-4,9-12H2,(H,19,20)/t14-,15-,17+/m0/s1. The van der Waals surface area contributed by atoms with Crippen molar-refractivity contribution in [3.05, 3.63) is 30.1 Å². The van der Waals surface area contributed by atoms with E-state index in [1.807, 2.05) is 12.1 Å². The Hall–Kier alpha value is -1.50. The predicted molar refractivity (Wildman–Crippen MR) is 83.9 cm³/mol. The van der Waals surface area contributed by atoms with Crippen molar-refractivity contribution >= 4 is 5.91 Å². The van der Waals surface area contributed by atoms with Crippen molar-refractivity contribution in [1.29, 1.82) is 0 Å². The van der Waals surface area contributed by atoms with Gasteiger partial charge in [-0.1, -0.05) is 0 Å². The molecular formula is C17H24N2O4. The molecule has 0 bridgehead atoms. The van der Waals surface area contributed by atoms with Gasteiger partial charge in [0.15, 0.2) is 0 Å². The molecule has 6 heteroatoms. The van der Waals surface area contributed by atoms with E-state index in [-0.39, 0.29) is 30.8 Å². The molecule has 2 fully saturated rings. The van der Waals surface area contributed by atoms with Crippen LogP contribution in [-0.4, -0.2) is 49.5 Å². The number of hydrogen-bond donors (Lipinski definition) is 1. The van der Waals surface area contributed by atoms with Crippen LogP contribution in [0.4, 0.5) is 0 Å². The van der Waals surface area contributed by atoms with Crippen LogP contribution in [0.2, 0.25) is 0 Å². The normalized spacial score (nSPS) is 27.7. The van der Waals surface area contributed by atoms with E-state index in [4.69, 9.17) is 14.2 Å². The first-order valence-electron chi connectivity index (χ1n) is 8.33. The maximum Gasteiger partial charge on any atom is 0.246 e. The van der Waals surface area contributed by atoms with E-state index in [1.54, 1.807) is 12.4 Å². The maximum atomic E-state index is 12.1. The molecule has 0 aliphatic carbocycles. The lowest BCUT2D eigenvalue weighted by atomic mass is 9.96. The molecule has 2 aliphatic heterocycles. The number of hydrogen-bond acceptors (Lipinski definition) is 5. The van der Waals surface area contributed by atoms with Crippen LogP contribution in [0.1, 0.15) is 37.4 Å². The summed E-state index contributed by atoms with van der Waals surface area (Å²) in [4.78, 5) is 16.1. The largest absolute Gasteiger partial charge is 0.376 e. The van der Waals surface area contributed by atoms with Gasteiger partial charge >= 0.3 is 0 Å². The Balaban J connectivity index is 1.47. The molecule has 1 N–H and O–H groups in total. The van der Waals surface area contributed by atoms with Gasteiger partial charge < -0.3 is 19.5 Å². The molecule has 0 aromatic carbocycles. The predicted octanol–water partition coefficient (Wildman–Crippen LogP) is 1.61. The fourth-order valence-corrected chi connectivity index (χ4v) is 3.12. The minimum absolute atomic E-state index is 0.0232. The third kappa shape index (κ3) is 4.73. The minimum Gasteiger partial charge on any atom is -0.376 e. The van der Waals surface area contributed by atoms with Crippen LogP contribution in [0, 0.1) is 0 Å². The first kappa shape index (κ1) is 16.4. The molecule has 0 unspecified atom stereocenters. The van der Waals surface area contributed by atoms with Gasteiger partial charge in [-0.2, -0.15) is 0 Å². The van der Waals surface area contributed by atoms with E-state index >= 15 is 0 Å². The lowest BCUT2D eigenvalue weighted by Crippen LogP contribution is -2.44. The highest BCUT2D eigenvalue weighted by Crippen LogP contribution is 2.27. The lowest BCUT2D eigenvalue weighted by Gasteiger charge is -2.32. The first-order valence-corrected chi connectivity index (χ1v) is 8.33. The molecule has 1 aromatic rings. The molecule has 2 saturated heterocycles. The van der Waals surface area contributed by atoms with E-state index in [9.17, 15) is 4.79 Å². The van der Waals surface area contributed by atoms with Crippen LogP contribution in [-0.2, 0) is 19.0 Å². The second-order valence-corrected chi connectivity index (χ2v) is 6.04. The number of aromatic nitrogens is 1. The zero-order valence-electron chi connectivity index (χ0n) is 13.3. The summed E-state index contributed by atoms with van der Waals surface area (Å²) < 4.78 is 16.8. The molecule has 0 spiro atoms. The van der Waals surface area contributed by atoms with Gasteiger partial charge in [-0.3, -0.25) is 9.78 Å². The number of ether oxygens (including phenoxy) is 3. The Kier molecular flexibility index (Phi) is 5.96. The molecule has 23 heavy (non-hydrogen) atoms. The molecule has 126 valence electrons. The van der Waals surface area contributed by atoms with Crippen molar-refractivity contribution < 1.29 is 19.0 Å². The van der Waals surface area contributed by atoms with Crippen molar-refractivity contribution in [2.24, 2.45) is 0 Å². The van der Waals surface area contributed by atoms with Crippen molar-refractivity contribution in [2.75, 3.05) is 26.4 Å². The van der Waals surface area contributed by atoms with Gasteiger partial charge in [-0.25, -0.2) is 0 Å². The molecule has 3 heterocycles. The quantitative estimate of drug-likeness (QED) is 0.862. The van der Waals surface area contributed by atoms with Gasteiger partial charge in [0.1, 0.15) is 12.7 Å². The number of amides is 1. The second kappa shape index (κ2) is 8.38. The summed E-state index contributed by atoms with van der Waals surface area (Å²) in [5, 5.41) is 3.04. The Morgan fingerprint density at radius 3 is 2.78 bits per heavy atom. The number of nitrogens with one attached hydrogen (secondary N) is 1. The summed E-state index contributed by atoms with van der Waals surface area (Å²) in [7, 11) is 0. The molecule has 0 radical (unpaired) electrons. The summed E-state index contributed by atoms with van der Waals surface area (Å²) in [6, 6.07) is 3.84. The van der Waals surface area contributed by atoms with Gasteiger partial charge in [0.05, 0.1) is 18.8 Å². The minimum atomic E-state index is -0.117. The number of carbonyl (C=O) groups is 1. The molecule has 2 aliphatic rings. The van der Waals surface area contributed by atoms with Gasteiger partial charge in [-0.15, -0.1) is 0 Å². The second-order valence-electron chi connectivity index (χ2n) is 6.04.